The Balaban J connectivity index is 1.16. The second kappa shape index (κ2) is 10.4. The highest BCUT2D eigenvalue weighted by Crippen LogP contribution is 2.42. The summed E-state index contributed by atoms with van der Waals surface area (Å²) >= 11 is 0. The van der Waals surface area contributed by atoms with E-state index in [0.29, 0.717) is 0 Å². The molecule has 0 aliphatic heterocycles. The Bertz CT molecular complexity index is 3240. The van der Waals surface area contributed by atoms with Gasteiger partial charge in [-0.2, -0.15) is 0 Å². The summed E-state index contributed by atoms with van der Waals surface area (Å²) in [5.41, 5.74) is 12.8. The van der Waals surface area contributed by atoms with Crippen LogP contribution >= 0.6 is 0 Å². The highest BCUT2D eigenvalue weighted by Gasteiger charge is 2.20. The maximum Gasteiger partial charge on any atom is 0.147 e. The Labute approximate surface area is 291 Å². The molecule has 0 aliphatic carbocycles. The van der Waals surface area contributed by atoms with Gasteiger partial charge in [0.05, 0.1) is 27.6 Å². The second-order valence-corrected chi connectivity index (χ2v) is 13.4. The van der Waals surface area contributed by atoms with Crippen molar-refractivity contribution in [2.75, 3.05) is 0 Å². The number of para-hydroxylation sites is 4. The molecular formula is C45H29N5O. The average Bonchev–Trinajstić information content (AvgIpc) is 3.75. The van der Waals surface area contributed by atoms with Crippen molar-refractivity contribution in [1.29, 1.82) is 0 Å². The van der Waals surface area contributed by atoms with Crippen molar-refractivity contribution in [3.63, 3.8) is 0 Å². The Kier molecular flexibility index (Phi) is 5.71. The van der Waals surface area contributed by atoms with Crippen molar-refractivity contribution in [3.8, 4) is 22.6 Å². The minimum Gasteiger partial charge on any atom is -0.457 e. The minimum absolute atomic E-state index is 0.737. The molecule has 0 N–H and O–H groups in total. The van der Waals surface area contributed by atoms with E-state index in [4.69, 9.17) is 19.7 Å². The molecule has 11 rings (SSSR count). The molecule has 0 unspecified atom stereocenters. The van der Waals surface area contributed by atoms with E-state index in [1.54, 1.807) is 0 Å². The quantitative estimate of drug-likeness (QED) is 0.178. The molecule has 6 heteroatoms. The number of ether oxygens (including phenoxy) is 1. The number of rotatable bonds is 3. The van der Waals surface area contributed by atoms with Gasteiger partial charge in [0.25, 0.3) is 0 Å². The zero-order valence-corrected chi connectivity index (χ0v) is 27.9. The van der Waals surface area contributed by atoms with Crippen molar-refractivity contribution in [2.24, 2.45) is 0 Å². The maximum absolute atomic E-state index is 6.73. The van der Waals surface area contributed by atoms with Crippen LogP contribution in [0.1, 0.15) is 11.1 Å². The Morgan fingerprint density at radius 1 is 0.471 bits per heavy atom. The highest BCUT2D eigenvalue weighted by atomic mass is 16.5. The van der Waals surface area contributed by atoms with Gasteiger partial charge in [-0.05, 0) is 126 Å². The van der Waals surface area contributed by atoms with Crippen LogP contribution in [0.3, 0.4) is 0 Å². The number of hydrogen-bond acceptors (Lipinski definition) is 4. The predicted octanol–water partition coefficient (Wildman–Crippen LogP) is 11.4. The van der Waals surface area contributed by atoms with E-state index in [9.17, 15) is 0 Å². The monoisotopic (exact) mass is 655 g/mol. The molecule has 0 radical (unpaired) electrons. The maximum atomic E-state index is 6.73. The standard InChI is InChI=1S/C45H29N5O/c1-26-10-7-11-27(2)41(26)33-12-8-18-40-42(33)31-22-20-29(25-35(31)44-47-36-14-3-5-16-38(36)49(40)44)51-28-19-21-30-32-13-9-23-46-43(32)50-39-17-6-4-15-37(39)48-45(50)34(30)24-28/h3-25H,1-2H3. The van der Waals surface area contributed by atoms with Gasteiger partial charge < -0.3 is 4.74 Å². The smallest absolute Gasteiger partial charge is 0.147 e. The molecule has 6 aromatic carbocycles. The van der Waals surface area contributed by atoms with Crippen molar-refractivity contribution in [2.45, 2.75) is 13.8 Å². The number of aromatic nitrogens is 5. The van der Waals surface area contributed by atoms with Crippen molar-refractivity contribution in [1.82, 2.24) is 23.8 Å². The first-order valence-corrected chi connectivity index (χ1v) is 17.2. The Morgan fingerprint density at radius 2 is 1.08 bits per heavy atom. The molecule has 0 bridgehead atoms. The number of benzene rings is 6. The summed E-state index contributed by atoms with van der Waals surface area (Å²) in [5.74, 6) is 1.48. The van der Waals surface area contributed by atoms with Gasteiger partial charge in [0.1, 0.15) is 28.4 Å². The van der Waals surface area contributed by atoms with E-state index < -0.39 is 0 Å². The number of fused-ring (bicyclic) bond motifs is 16. The average molecular weight is 656 g/mol. The van der Waals surface area contributed by atoms with Crippen molar-refractivity contribution in [3.05, 3.63) is 151 Å². The molecule has 0 fully saturated rings. The molecular weight excluding hydrogens is 627 g/mol. The fraction of sp³-hybridized carbons (Fsp3) is 0.0444. The summed E-state index contributed by atoms with van der Waals surface area (Å²) in [6, 6.07) is 46.5. The van der Waals surface area contributed by atoms with Crippen LogP contribution in [0.5, 0.6) is 11.5 Å². The zero-order valence-electron chi connectivity index (χ0n) is 27.9. The van der Waals surface area contributed by atoms with E-state index in [1.807, 2.05) is 36.5 Å². The summed E-state index contributed by atoms with van der Waals surface area (Å²) in [6.45, 7) is 4.40. The molecule has 51 heavy (non-hydrogen) atoms. The fourth-order valence-electron chi connectivity index (χ4n) is 8.25. The summed E-state index contributed by atoms with van der Waals surface area (Å²) < 4.78 is 11.2. The molecule has 0 saturated heterocycles. The van der Waals surface area contributed by atoms with Gasteiger partial charge in [-0.25, -0.2) is 15.0 Å². The lowest BCUT2D eigenvalue weighted by molar-refractivity contribution is 0.484. The summed E-state index contributed by atoms with van der Waals surface area (Å²) in [6.07, 6.45) is 1.84. The van der Waals surface area contributed by atoms with Crippen LogP contribution in [0.2, 0.25) is 0 Å². The molecule has 0 saturated carbocycles. The van der Waals surface area contributed by atoms with Crippen LogP contribution in [0.15, 0.2) is 140 Å². The van der Waals surface area contributed by atoms with E-state index in [0.717, 1.165) is 83.0 Å². The first-order valence-electron chi connectivity index (χ1n) is 17.2. The molecule has 240 valence electrons. The topological polar surface area (TPSA) is 56.7 Å². The van der Waals surface area contributed by atoms with Crippen LogP contribution in [-0.2, 0) is 0 Å². The summed E-state index contributed by atoms with van der Waals surface area (Å²) in [4.78, 5) is 15.0. The van der Waals surface area contributed by atoms with Gasteiger partial charge in [-0.15, -0.1) is 0 Å². The molecule has 6 nitrogen and oxygen atoms in total. The van der Waals surface area contributed by atoms with Gasteiger partial charge in [-0.1, -0.05) is 54.6 Å². The molecule has 0 atom stereocenters. The summed E-state index contributed by atoms with van der Waals surface area (Å²) in [7, 11) is 0. The van der Waals surface area contributed by atoms with E-state index >= 15 is 0 Å². The largest absolute Gasteiger partial charge is 0.457 e. The SMILES string of the molecule is Cc1cccc(C)c1-c1cccc2c1c1ccc(Oc3ccc4c5cccnc5n5c6ccccc6nc5c4c3)cc1c1nc3ccccc3n21. The predicted molar refractivity (Wildman–Crippen MR) is 208 cm³/mol. The normalized spacial score (nSPS) is 12.1. The van der Waals surface area contributed by atoms with Crippen molar-refractivity contribution >= 4 is 76.8 Å². The third-order valence-corrected chi connectivity index (χ3v) is 10.4. The molecule has 0 amide bonds. The van der Waals surface area contributed by atoms with Gasteiger partial charge in [0.2, 0.25) is 0 Å². The number of nitrogens with zero attached hydrogens (tertiary/aromatic N) is 5. The Hall–Kier alpha value is -6.79. The lowest BCUT2D eigenvalue weighted by Gasteiger charge is -2.17. The number of imidazole rings is 2. The highest BCUT2D eigenvalue weighted by molar-refractivity contribution is 6.19. The third kappa shape index (κ3) is 3.96. The third-order valence-electron chi connectivity index (χ3n) is 10.4. The zero-order chi connectivity index (χ0) is 33.8. The lowest BCUT2D eigenvalue weighted by Crippen LogP contribution is -1.96. The molecule has 11 aromatic rings. The lowest BCUT2D eigenvalue weighted by atomic mass is 9.91. The summed E-state index contributed by atoms with van der Waals surface area (Å²) in [5, 5.41) is 6.54. The van der Waals surface area contributed by atoms with E-state index in [2.05, 4.69) is 126 Å². The second-order valence-electron chi connectivity index (χ2n) is 13.4. The fourth-order valence-corrected chi connectivity index (χ4v) is 8.25. The van der Waals surface area contributed by atoms with E-state index in [-0.39, 0.29) is 0 Å². The minimum atomic E-state index is 0.737. The van der Waals surface area contributed by atoms with Crippen LogP contribution in [0.25, 0.3) is 88.0 Å². The number of aryl methyl sites for hydroxylation is 2. The van der Waals surface area contributed by atoms with Gasteiger partial charge in [-0.3, -0.25) is 8.80 Å². The first-order chi connectivity index (χ1) is 25.1. The molecule has 5 aromatic heterocycles. The van der Waals surface area contributed by atoms with Gasteiger partial charge >= 0.3 is 0 Å². The first kappa shape index (κ1) is 28.1. The van der Waals surface area contributed by atoms with Crippen molar-refractivity contribution < 1.29 is 4.74 Å². The molecule has 0 spiro atoms. The molecule has 0 aliphatic rings. The Morgan fingerprint density at radius 3 is 1.82 bits per heavy atom. The van der Waals surface area contributed by atoms with Crippen LogP contribution in [0.4, 0.5) is 0 Å². The van der Waals surface area contributed by atoms with Crippen LogP contribution in [-0.4, -0.2) is 23.8 Å². The number of pyridine rings is 3. The van der Waals surface area contributed by atoms with Crippen LogP contribution < -0.4 is 4.74 Å². The molecule has 5 heterocycles. The van der Waals surface area contributed by atoms with Crippen LogP contribution in [0, 0.1) is 13.8 Å². The number of hydrogen-bond donors (Lipinski definition) is 0. The van der Waals surface area contributed by atoms with Gasteiger partial charge in [0, 0.05) is 27.7 Å². The van der Waals surface area contributed by atoms with Gasteiger partial charge in [0.15, 0.2) is 0 Å². The van der Waals surface area contributed by atoms with E-state index in [1.165, 1.54) is 27.6 Å².